The highest BCUT2D eigenvalue weighted by atomic mass is 32.9. The van der Waals surface area contributed by atoms with Crippen LogP contribution in [0.3, 0.4) is 0 Å². The van der Waals surface area contributed by atoms with E-state index >= 15 is 0 Å². The molecule has 2 heterocycles. The van der Waals surface area contributed by atoms with E-state index in [4.69, 9.17) is 17.0 Å². The first kappa shape index (κ1) is 21.2. The number of rotatable bonds is 2. The summed E-state index contributed by atoms with van der Waals surface area (Å²) in [7, 11) is 4.94. The Labute approximate surface area is 190 Å². The second-order valence-corrected chi connectivity index (χ2v) is 11.9. The molecule has 0 unspecified atom stereocenters. The van der Waals surface area contributed by atoms with Gasteiger partial charge < -0.3 is 4.74 Å². The molecule has 2 aromatic carbocycles. The molecule has 0 bridgehead atoms. The second kappa shape index (κ2) is 7.29. The average molecular weight is 456 g/mol. The summed E-state index contributed by atoms with van der Waals surface area (Å²) < 4.78 is 6.16. The number of fused-ring (bicyclic) bond motifs is 3. The molecule has 0 fully saturated rings. The van der Waals surface area contributed by atoms with Gasteiger partial charge in [-0.25, -0.2) is 0 Å². The quantitative estimate of drug-likeness (QED) is 0.298. The van der Waals surface area contributed by atoms with Gasteiger partial charge in [0.2, 0.25) is 0 Å². The minimum Gasteiger partial charge on any atom is -0.497 e. The number of hydrogen-bond donors (Lipinski definition) is 0. The van der Waals surface area contributed by atoms with E-state index in [0.29, 0.717) is 5.56 Å². The van der Waals surface area contributed by atoms with Gasteiger partial charge in [-0.2, -0.15) is 0 Å². The highest BCUT2D eigenvalue weighted by Crippen LogP contribution is 2.54. The molecule has 0 aliphatic carbocycles. The number of benzene rings is 2. The van der Waals surface area contributed by atoms with Crippen LogP contribution in [-0.4, -0.2) is 13.0 Å². The van der Waals surface area contributed by atoms with Crippen molar-refractivity contribution in [2.45, 2.75) is 45.6 Å². The topological polar surface area (TPSA) is 29.5 Å². The largest absolute Gasteiger partial charge is 0.497 e. The van der Waals surface area contributed by atoms with Gasteiger partial charge in [-0.3, -0.25) is 9.69 Å². The van der Waals surface area contributed by atoms with Gasteiger partial charge in [0.05, 0.1) is 23.2 Å². The summed E-state index contributed by atoms with van der Waals surface area (Å²) in [6.45, 7) is 10.8. The van der Waals surface area contributed by atoms with E-state index < -0.39 is 5.54 Å². The van der Waals surface area contributed by atoms with Crippen molar-refractivity contribution in [1.29, 1.82) is 0 Å². The number of anilines is 1. The van der Waals surface area contributed by atoms with E-state index in [0.717, 1.165) is 31.3 Å². The smallest absolute Gasteiger partial charge is 0.259 e. The molecule has 3 aromatic rings. The fourth-order valence-corrected chi connectivity index (χ4v) is 7.38. The number of carbonyl (C=O) groups excluding carboxylic acids is 1. The highest BCUT2D eigenvalue weighted by molar-refractivity contribution is 7.80. The van der Waals surface area contributed by atoms with Gasteiger partial charge in [0.25, 0.3) is 5.91 Å². The maximum atomic E-state index is 13.8. The summed E-state index contributed by atoms with van der Waals surface area (Å²) in [6, 6.07) is 13.6. The molecule has 156 valence electrons. The number of amides is 1. The summed E-state index contributed by atoms with van der Waals surface area (Å²) in [6.07, 6.45) is 0. The first-order chi connectivity index (χ1) is 14.1. The number of carbonyl (C=O) groups is 1. The maximum absolute atomic E-state index is 13.8. The number of hydrogen-bond acceptors (Lipinski definition) is 5. The van der Waals surface area contributed by atoms with Crippen LogP contribution in [-0.2, 0) is 11.0 Å². The SMILES string of the molecule is COc1ccc(C(=O)N2c3cccc(C(C)(C)C)c3-c3c(ssc3=S)C2(C)C)cc1. The summed E-state index contributed by atoms with van der Waals surface area (Å²) in [5, 5.41) is 0. The molecule has 0 atom stereocenters. The standard InChI is InChI=1S/C24H25NO2S3/c1-23(2,3)16-8-7-9-17-18(16)19-20(29-30-22(19)28)24(4,5)25(17)21(26)14-10-12-15(27-6)13-11-14/h7-13H,1-6H3. The molecule has 0 saturated heterocycles. The van der Waals surface area contributed by atoms with E-state index in [1.807, 2.05) is 41.3 Å². The molecular formula is C24H25NO2S3. The van der Waals surface area contributed by atoms with Gasteiger partial charge in [0.1, 0.15) is 9.57 Å². The molecule has 4 rings (SSSR count). The zero-order chi connectivity index (χ0) is 21.8. The Hall–Kier alpha value is -2.02. The van der Waals surface area contributed by atoms with Crippen LogP contribution >= 0.6 is 32.9 Å². The van der Waals surface area contributed by atoms with Crippen LogP contribution in [0.25, 0.3) is 11.1 Å². The van der Waals surface area contributed by atoms with Crippen molar-refractivity contribution in [2.75, 3.05) is 12.0 Å². The summed E-state index contributed by atoms with van der Waals surface area (Å²) in [5.41, 5.74) is 4.42. The van der Waals surface area contributed by atoms with Crippen molar-refractivity contribution >= 4 is 44.5 Å². The molecule has 3 nitrogen and oxygen atoms in total. The van der Waals surface area contributed by atoms with Gasteiger partial charge in [0, 0.05) is 16.7 Å². The third-order valence-corrected chi connectivity index (χ3v) is 8.96. The van der Waals surface area contributed by atoms with Crippen LogP contribution in [0, 0.1) is 3.82 Å². The van der Waals surface area contributed by atoms with Crippen molar-refractivity contribution in [2.24, 2.45) is 0 Å². The number of ether oxygens (including phenoxy) is 1. The Morgan fingerprint density at radius 3 is 2.30 bits per heavy atom. The molecule has 1 amide bonds. The predicted molar refractivity (Wildman–Crippen MR) is 130 cm³/mol. The van der Waals surface area contributed by atoms with E-state index in [-0.39, 0.29) is 11.3 Å². The van der Waals surface area contributed by atoms with Crippen LogP contribution < -0.4 is 9.64 Å². The van der Waals surface area contributed by atoms with Gasteiger partial charge in [0.15, 0.2) is 0 Å². The first-order valence-electron chi connectivity index (χ1n) is 9.83. The van der Waals surface area contributed by atoms with E-state index in [1.165, 1.54) is 5.56 Å². The van der Waals surface area contributed by atoms with Crippen molar-refractivity contribution in [1.82, 2.24) is 0 Å². The van der Waals surface area contributed by atoms with Crippen LogP contribution in [0.1, 0.15) is 55.4 Å². The first-order valence-corrected chi connectivity index (χ1v) is 12.4. The molecule has 0 N–H and O–H groups in total. The van der Waals surface area contributed by atoms with Gasteiger partial charge in [-0.15, -0.1) is 0 Å². The predicted octanol–water partition coefficient (Wildman–Crippen LogP) is 7.41. The Morgan fingerprint density at radius 1 is 1.03 bits per heavy atom. The Kier molecular flexibility index (Phi) is 5.16. The van der Waals surface area contributed by atoms with Crippen molar-refractivity contribution in [3.8, 4) is 16.9 Å². The molecule has 0 saturated carbocycles. The summed E-state index contributed by atoms with van der Waals surface area (Å²) in [5.74, 6) is 0.711. The minimum absolute atomic E-state index is 0.0232. The minimum atomic E-state index is -0.506. The molecule has 1 aromatic heterocycles. The normalized spacial score (nSPS) is 14.8. The number of nitrogens with zero attached hydrogens (tertiary/aromatic N) is 1. The summed E-state index contributed by atoms with van der Waals surface area (Å²) in [4.78, 5) is 16.9. The van der Waals surface area contributed by atoms with Gasteiger partial charge >= 0.3 is 0 Å². The lowest BCUT2D eigenvalue weighted by Crippen LogP contribution is -2.48. The van der Waals surface area contributed by atoms with E-state index in [9.17, 15) is 4.79 Å². The molecule has 1 aliphatic rings. The zero-order valence-corrected chi connectivity index (χ0v) is 20.5. The third-order valence-electron chi connectivity index (χ3n) is 5.63. The monoisotopic (exact) mass is 455 g/mol. The molecule has 6 heteroatoms. The lowest BCUT2D eigenvalue weighted by atomic mass is 9.77. The highest BCUT2D eigenvalue weighted by Gasteiger charge is 2.44. The fraction of sp³-hybridized carbons (Fsp3) is 0.333. The fourth-order valence-electron chi connectivity index (χ4n) is 4.12. The van der Waals surface area contributed by atoms with E-state index in [1.54, 1.807) is 27.8 Å². The Morgan fingerprint density at radius 2 is 1.70 bits per heavy atom. The van der Waals surface area contributed by atoms with Crippen LogP contribution in [0.4, 0.5) is 5.69 Å². The summed E-state index contributed by atoms with van der Waals surface area (Å²) >= 11 is 5.77. The molecule has 0 radical (unpaired) electrons. The lowest BCUT2D eigenvalue weighted by molar-refractivity contribution is 0.0961. The molecular weight excluding hydrogens is 430 g/mol. The number of methoxy groups -OCH3 is 1. The zero-order valence-electron chi connectivity index (χ0n) is 18.0. The molecule has 1 aliphatic heterocycles. The van der Waals surface area contributed by atoms with Crippen LogP contribution in [0.15, 0.2) is 42.5 Å². The molecule has 30 heavy (non-hydrogen) atoms. The second-order valence-electron chi connectivity index (χ2n) is 9.04. The maximum Gasteiger partial charge on any atom is 0.259 e. The van der Waals surface area contributed by atoms with Crippen molar-refractivity contribution in [3.05, 3.63) is 62.3 Å². The molecule has 0 spiro atoms. The van der Waals surface area contributed by atoms with E-state index in [2.05, 4.69) is 40.7 Å². The Balaban J connectivity index is 1.99. The van der Waals surface area contributed by atoms with Crippen molar-refractivity contribution in [3.63, 3.8) is 0 Å². The average Bonchev–Trinajstić information content (AvgIpc) is 3.09. The lowest BCUT2D eigenvalue weighted by Gasteiger charge is -2.44. The van der Waals surface area contributed by atoms with Crippen LogP contribution in [0.5, 0.6) is 5.75 Å². The van der Waals surface area contributed by atoms with Crippen LogP contribution in [0.2, 0.25) is 0 Å². The Bertz CT molecular complexity index is 1180. The van der Waals surface area contributed by atoms with Gasteiger partial charge in [-0.1, -0.05) is 65.8 Å². The third kappa shape index (κ3) is 3.22. The van der Waals surface area contributed by atoms with Gasteiger partial charge in [-0.05, 0) is 55.2 Å². The van der Waals surface area contributed by atoms with Crippen molar-refractivity contribution < 1.29 is 9.53 Å².